The number of amides is 1. The number of hydrogen-bond acceptors (Lipinski definition) is 3. The molecule has 1 N–H and O–H groups in total. The second-order valence-corrected chi connectivity index (χ2v) is 5.90. The van der Waals surface area contributed by atoms with Crippen molar-refractivity contribution in [2.24, 2.45) is 0 Å². The fourth-order valence-electron chi connectivity index (χ4n) is 3.08. The Hall–Kier alpha value is -2.43. The van der Waals surface area contributed by atoms with E-state index in [4.69, 9.17) is 0 Å². The fourth-order valence-corrected chi connectivity index (χ4v) is 3.08. The highest BCUT2D eigenvalue weighted by Gasteiger charge is 2.22. The first-order valence-electron chi connectivity index (χ1n) is 8.16. The minimum Gasteiger partial charge on any atom is -0.344 e. The van der Waals surface area contributed by atoms with Crippen LogP contribution in [0.2, 0.25) is 0 Å². The van der Waals surface area contributed by atoms with E-state index in [0.29, 0.717) is 12.2 Å². The Labute approximate surface area is 135 Å². The van der Waals surface area contributed by atoms with Crippen molar-refractivity contribution in [1.82, 2.24) is 15.1 Å². The molecule has 1 atom stereocenters. The summed E-state index contributed by atoms with van der Waals surface area (Å²) >= 11 is 0. The molecule has 1 aromatic heterocycles. The lowest BCUT2D eigenvalue weighted by Gasteiger charge is -2.26. The standard InChI is InChI=1S/C18H21N3O2/c1-2-12-21-17(22)11-10-16(20-21)18(23)19-15-9-5-7-13-6-3-4-8-14(13)15/h3-4,6,8,10-11,15H,2,5,7,9,12H2,1H3,(H,19,23). The summed E-state index contributed by atoms with van der Waals surface area (Å²) in [6, 6.07) is 11.2. The van der Waals surface area contributed by atoms with Crippen LogP contribution < -0.4 is 10.9 Å². The topological polar surface area (TPSA) is 64.0 Å². The fraction of sp³-hybridized carbons (Fsp3) is 0.389. The van der Waals surface area contributed by atoms with Crippen LogP contribution in [0, 0.1) is 0 Å². The Morgan fingerprint density at radius 2 is 2.13 bits per heavy atom. The summed E-state index contributed by atoms with van der Waals surface area (Å²) in [6.45, 7) is 2.49. The third kappa shape index (κ3) is 3.33. The van der Waals surface area contributed by atoms with Gasteiger partial charge in [-0.2, -0.15) is 5.10 Å². The van der Waals surface area contributed by atoms with Gasteiger partial charge >= 0.3 is 0 Å². The molecule has 0 saturated carbocycles. The van der Waals surface area contributed by atoms with Crippen LogP contribution in [0.25, 0.3) is 0 Å². The molecule has 23 heavy (non-hydrogen) atoms. The maximum absolute atomic E-state index is 12.5. The third-order valence-corrected chi connectivity index (χ3v) is 4.21. The van der Waals surface area contributed by atoms with Crippen molar-refractivity contribution in [2.75, 3.05) is 0 Å². The van der Waals surface area contributed by atoms with Gasteiger partial charge in [0.05, 0.1) is 6.04 Å². The molecule has 5 nitrogen and oxygen atoms in total. The minimum atomic E-state index is -0.225. The number of hydrogen-bond donors (Lipinski definition) is 1. The Kier molecular flexibility index (Phi) is 4.55. The number of fused-ring (bicyclic) bond motifs is 1. The van der Waals surface area contributed by atoms with Crippen LogP contribution in [0.1, 0.15) is 53.8 Å². The molecule has 3 rings (SSSR count). The quantitative estimate of drug-likeness (QED) is 0.943. The second kappa shape index (κ2) is 6.77. The summed E-state index contributed by atoms with van der Waals surface area (Å²) in [5, 5.41) is 7.24. The average Bonchev–Trinajstić information content (AvgIpc) is 2.57. The number of carbonyl (C=O) groups is 1. The molecule has 1 aliphatic rings. The lowest BCUT2D eigenvalue weighted by atomic mass is 9.87. The van der Waals surface area contributed by atoms with Crippen molar-refractivity contribution in [3.05, 3.63) is 63.6 Å². The Morgan fingerprint density at radius 1 is 1.30 bits per heavy atom. The van der Waals surface area contributed by atoms with Gasteiger partial charge in [-0.3, -0.25) is 9.59 Å². The van der Waals surface area contributed by atoms with Gasteiger partial charge in [0, 0.05) is 12.6 Å². The van der Waals surface area contributed by atoms with Crippen LogP contribution in [-0.4, -0.2) is 15.7 Å². The van der Waals surface area contributed by atoms with Crippen LogP contribution in [0.3, 0.4) is 0 Å². The molecular formula is C18H21N3O2. The van der Waals surface area contributed by atoms with Gasteiger partial charge in [-0.15, -0.1) is 0 Å². The zero-order valence-corrected chi connectivity index (χ0v) is 13.3. The maximum Gasteiger partial charge on any atom is 0.272 e. The SMILES string of the molecule is CCCn1nc(C(=O)NC2CCCc3ccccc32)ccc1=O. The molecule has 1 aromatic carbocycles. The summed E-state index contributed by atoms with van der Waals surface area (Å²) in [6.07, 6.45) is 3.85. The number of aromatic nitrogens is 2. The zero-order valence-electron chi connectivity index (χ0n) is 13.3. The predicted octanol–water partition coefficient (Wildman–Crippen LogP) is 2.46. The van der Waals surface area contributed by atoms with Crippen molar-refractivity contribution in [2.45, 2.75) is 45.2 Å². The van der Waals surface area contributed by atoms with Crippen LogP contribution in [-0.2, 0) is 13.0 Å². The molecule has 1 amide bonds. The van der Waals surface area contributed by atoms with Gasteiger partial charge in [0.25, 0.3) is 11.5 Å². The Bertz CT molecular complexity index is 767. The van der Waals surface area contributed by atoms with E-state index in [2.05, 4.69) is 22.5 Å². The number of nitrogens with zero attached hydrogens (tertiary/aromatic N) is 2. The van der Waals surface area contributed by atoms with E-state index >= 15 is 0 Å². The van der Waals surface area contributed by atoms with E-state index in [1.165, 1.54) is 27.9 Å². The average molecular weight is 311 g/mol. The van der Waals surface area contributed by atoms with Gasteiger partial charge in [0.15, 0.2) is 0 Å². The van der Waals surface area contributed by atoms with Crippen molar-refractivity contribution >= 4 is 5.91 Å². The molecule has 0 saturated heterocycles. The number of benzene rings is 1. The molecule has 1 heterocycles. The van der Waals surface area contributed by atoms with Gasteiger partial charge in [0.2, 0.25) is 0 Å². The molecule has 5 heteroatoms. The van der Waals surface area contributed by atoms with Crippen LogP contribution in [0.15, 0.2) is 41.2 Å². The summed E-state index contributed by atoms with van der Waals surface area (Å²) in [7, 11) is 0. The molecule has 0 bridgehead atoms. The number of nitrogens with one attached hydrogen (secondary N) is 1. The third-order valence-electron chi connectivity index (χ3n) is 4.21. The van der Waals surface area contributed by atoms with Crippen molar-refractivity contribution < 1.29 is 4.79 Å². The monoisotopic (exact) mass is 311 g/mol. The highest BCUT2D eigenvalue weighted by Crippen LogP contribution is 2.29. The summed E-state index contributed by atoms with van der Waals surface area (Å²) in [5.74, 6) is -0.225. The molecule has 0 radical (unpaired) electrons. The summed E-state index contributed by atoms with van der Waals surface area (Å²) in [4.78, 5) is 24.2. The van der Waals surface area contributed by atoms with Gasteiger partial charge in [-0.05, 0) is 42.9 Å². The van der Waals surface area contributed by atoms with E-state index in [-0.39, 0.29) is 17.5 Å². The second-order valence-electron chi connectivity index (χ2n) is 5.90. The Morgan fingerprint density at radius 3 is 2.96 bits per heavy atom. The lowest BCUT2D eigenvalue weighted by molar-refractivity contribution is 0.0925. The van der Waals surface area contributed by atoms with Gasteiger partial charge in [-0.1, -0.05) is 31.2 Å². The smallest absolute Gasteiger partial charge is 0.272 e. The van der Waals surface area contributed by atoms with Crippen molar-refractivity contribution in [3.8, 4) is 0 Å². The molecule has 0 fully saturated rings. The first-order valence-corrected chi connectivity index (χ1v) is 8.16. The van der Waals surface area contributed by atoms with Crippen LogP contribution >= 0.6 is 0 Å². The molecule has 1 aliphatic carbocycles. The number of carbonyl (C=O) groups excluding carboxylic acids is 1. The molecule has 2 aromatic rings. The van der Waals surface area contributed by atoms with Gasteiger partial charge in [-0.25, -0.2) is 4.68 Å². The highest BCUT2D eigenvalue weighted by molar-refractivity contribution is 5.92. The normalized spacial score (nSPS) is 16.7. The summed E-state index contributed by atoms with van der Waals surface area (Å²) < 4.78 is 1.35. The first-order chi connectivity index (χ1) is 11.2. The van der Waals surface area contributed by atoms with E-state index in [9.17, 15) is 9.59 Å². The highest BCUT2D eigenvalue weighted by atomic mass is 16.2. The Balaban J connectivity index is 1.80. The van der Waals surface area contributed by atoms with E-state index in [0.717, 1.165) is 25.7 Å². The van der Waals surface area contributed by atoms with Crippen molar-refractivity contribution in [3.63, 3.8) is 0 Å². The van der Waals surface area contributed by atoms with Gasteiger partial charge < -0.3 is 5.32 Å². The molecule has 0 spiro atoms. The van der Waals surface area contributed by atoms with Crippen LogP contribution in [0.5, 0.6) is 0 Å². The predicted molar refractivity (Wildman–Crippen MR) is 88.4 cm³/mol. The first kappa shape index (κ1) is 15.5. The largest absolute Gasteiger partial charge is 0.344 e. The minimum absolute atomic E-state index is 0.0146. The molecule has 0 aliphatic heterocycles. The van der Waals surface area contributed by atoms with Crippen LogP contribution in [0.4, 0.5) is 0 Å². The lowest BCUT2D eigenvalue weighted by Crippen LogP contribution is -2.33. The summed E-state index contributed by atoms with van der Waals surface area (Å²) in [5.41, 5.74) is 2.61. The van der Waals surface area contributed by atoms with Crippen molar-refractivity contribution in [1.29, 1.82) is 0 Å². The van der Waals surface area contributed by atoms with Gasteiger partial charge in [0.1, 0.15) is 5.69 Å². The maximum atomic E-state index is 12.5. The van der Waals surface area contributed by atoms with E-state index in [1.54, 1.807) is 0 Å². The van der Waals surface area contributed by atoms with E-state index in [1.807, 2.05) is 19.1 Å². The molecule has 1 unspecified atom stereocenters. The number of aryl methyl sites for hydroxylation is 2. The zero-order chi connectivity index (χ0) is 16.2. The molecular weight excluding hydrogens is 290 g/mol. The number of rotatable bonds is 4. The van der Waals surface area contributed by atoms with E-state index < -0.39 is 0 Å². The molecule has 120 valence electrons.